The van der Waals surface area contributed by atoms with Crippen molar-refractivity contribution >= 4 is 23.9 Å². The van der Waals surface area contributed by atoms with Gasteiger partial charge in [0.1, 0.15) is 0 Å². The molecule has 0 unspecified atom stereocenters. The largest absolute Gasteiger partial charge is 0.428 e. The van der Waals surface area contributed by atoms with Gasteiger partial charge in [-0.25, -0.2) is 9.59 Å². The van der Waals surface area contributed by atoms with Gasteiger partial charge in [-0.05, 0) is 30.7 Å². The topological polar surface area (TPSA) is 105 Å². The Morgan fingerprint density at radius 2 is 1.13 bits per heavy atom. The molecule has 0 spiro atoms. The van der Waals surface area contributed by atoms with E-state index in [0.29, 0.717) is 5.56 Å². The van der Waals surface area contributed by atoms with E-state index in [0.717, 1.165) is 0 Å². The highest BCUT2D eigenvalue weighted by molar-refractivity contribution is 5.95. The van der Waals surface area contributed by atoms with Crippen LogP contribution in [0.5, 0.6) is 0 Å². The number of rotatable bonds is 6. The molecule has 0 atom stereocenters. The van der Waals surface area contributed by atoms with Crippen LogP contribution >= 0.6 is 0 Å². The van der Waals surface area contributed by atoms with Gasteiger partial charge in [-0.15, -0.1) is 0 Å². The number of benzene rings is 1. The Morgan fingerprint density at radius 3 is 1.48 bits per heavy atom. The van der Waals surface area contributed by atoms with Crippen molar-refractivity contribution in [1.29, 1.82) is 0 Å². The minimum Gasteiger partial charge on any atom is -0.428 e. The molecule has 8 heteroatoms. The normalized spacial score (nSPS) is 9.70. The molecule has 23 heavy (non-hydrogen) atoms. The fraction of sp³-hybridized carbons (Fsp3) is 0.333. The van der Waals surface area contributed by atoms with E-state index < -0.39 is 37.5 Å². The summed E-state index contributed by atoms with van der Waals surface area (Å²) in [4.78, 5) is 44.8. The molecule has 0 radical (unpaired) electrons. The standard InChI is InChI=1S/C15H16O8/c1-9-4-12(14(18)22-7-20-10(2)16)6-13(5-9)15(19)23-8-21-11(3)17/h4-6H,7-8H2,1-3H3. The number of ether oxygens (including phenoxy) is 4. The molecule has 1 rings (SSSR count). The van der Waals surface area contributed by atoms with Crippen LogP contribution in [-0.2, 0) is 28.5 Å². The summed E-state index contributed by atoms with van der Waals surface area (Å²) in [5.41, 5.74) is 0.805. The van der Waals surface area contributed by atoms with E-state index in [-0.39, 0.29) is 11.1 Å². The second-order valence-corrected chi connectivity index (χ2v) is 4.46. The van der Waals surface area contributed by atoms with Crippen molar-refractivity contribution in [3.8, 4) is 0 Å². The predicted octanol–water partition coefficient (Wildman–Crippen LogP) is 1.35. The molecule has 0 aliphatic carbocycles. The third-order valence-corrected chi connectivity index (χ3v) is 2.45. The van der Waals surface area contributed by atoms with Crippen LogP contribution in [0.4, 0.5) is 0 Å². The lowest BCUT2D eigenvalue weighted by Crippen LogP contribution is -2.14. The summed E-state index contributed by atoms with van der Waals surface area (Å²) in [6.45, 7) is 2.99. The average Bonchev–Trinajstić information content (AvgIpc) is 2.45. The summed E-state index contributed by atoms with van der Waals surface area (Å²) in [5, 5.41) is 0. The smallest absolute Gasteiger partial charge is 0.341 e. The van der Waals surface area contributed by atoms with Gasteiger partial charge >= 0.3 is 23.9 Å². The molecule has 0 aliphatic heterocycles. The Balaban J connectivity index is 2.74. The Kier molecular flexibility index (Phi) is 6.72. The maximum atomic E-state index is 11.8. The zero-order valence-electron chi connectivity index (χ0n) is 12.9. The molecule has 0 aliphatic rings. The van der Waals surface area contributed by atoms with Crippen LogP contribution in [-0.4, -0.2) is 37.5 Å². The van der Waals surface area contributed by atoms with Gasteiger partial charge in [0.05, 0.1) is 11.1 Å². The monoisotopic (exact) mass is 324 g/mol. The SMILES string of the molecule is CC(=O)OCOC(=O)c1cc(C)cc(C(=O)OCOC(C)=O)c1. The van der Waals surface area contributed by atoms with Crippen LogP contribution in [0.15, 0.2) is 18.2 Å². The van der Waals surface area contributed by atoms with Gasteiger partial charge in [-0.3, -0.25) is 9.59 Å². The van der Waals surface area contributed by atoms with E-state index in [1.54, 1.807) is 6.92 Å². The van der Waals surface area contributed by atoms with E-state index in [2.05, 4.69) is 9.47 Å². The van der Waals surface area contributed by atoms with Crippen molar-refractivity contribution in [2.45, 2.75) is 20.8 Å². The third-order valence-electron chi connectivity index (χ3n) is 2.45. The van der Waals surface area contributed by atoms with Gasteiger partial charge in [-0.2, -0.15) is 0 Å². The van der Waals surface area contributed by atoms with Crippen molar-refractivity contribution in [3.63, 3.8) is 0 Å². The fourth-order valence-electron chi connectivity index (χ4n) is 1.52. The molecule has 0 fully saturated rings. The van der Waals surface area contributed by atoms with E-state index in [1.807, 2.05) is 0 Å². The highest BCUT2D eigenvalue weighted by atomic mass is 16.7. The lowest BCUT2D eigenvalue weighted by atomic mass is 10.1. The maximum Gasteiger partial charge on any atom is 0.341 e. The van der Waals surface area contributed by atoms with E-state index >= 15 is 0 Å². The van der Waals surface area contributed by atoms with Crippen molar-refractivity contribution < 1.29 is 38.1 Å². The van der Waals surface area contributed by atoms with Crippen molar-refractivity contribution in [2.75, 3.05) is 13.6 Å². The first-order valence-electron chi connectivity index (χ1n) is 6.52. The van der Waals surface area contributed by atoms with Crippen LogP contribution in [0, 0.1) is 6.92 Å². The molecular formula is C15H16O8. The molecule has 0 aromatic heterocycles. The molecule has 8 nitrogen and oxygen atoms in total. The highest BCUT2D eigenvalue weighted by Gasteiger charge is 2.14. The van der Waals surface area contributed by atoms with Crippen LogP contribution < -0.4 is 0 Å². The number of carbonyl (C=O) groups is 4. The molecule has 0 N–H and O–H groups in total. The molecule has 0 saturated carbocycles. The van der Waals surface area contributed by atoms with Crippen molar-refractivity contribution in [2.24, 2.45) is 0 Å². The number of esters is 4. The van der Waals surface area contributed by atoms with Crippen molar-refractivity contribution in [3.05, 3.63) is 34.9 Å². The first kappa shape index (κ1) is 18.1. The van der Waals surface area contributed by atoms with E-state index in [1.165, 1.54) is 32.0 Å². The molecule has 1 aromatic carbocycles. The molecule has 0 bridgehead atoms. The van der Waals surface area contributed by atoms with Gasteiger partial charge in [0.2, 0.25) is 13.6 Å². The Hall–Kier alpha value is -2.90. The number of hydrogen-bond acceptors (Lipinski definition) is 8. The second kappa shape index (κ2) is 8.52. The van der Waals surface area contributed by atoms with Gasteiger partial charge in [-0.1, -0.05) is 0 Å². The molecular weight excluding hydrogens is 308 g/mol. The minimum absolute atomic E-state index is 0.0941. The third kappa shape index (κ3) is 6.60. The summed E-state index contributed by atoms with van der Waals surface area (Å²) in [7, 11) is 0. The van der Waals surface area contributed by atoms with Gasteiger partial charge in [0.15, 0.2) is 0 Å². The van der Waals surface area contributed by atoms with E-state index in [9.17, 15) is 19.2 Å². The van der Waals surface area contributed by atoms with Gasteiger partial charge in [0.25, 0.3) is 0 Å². The van der Waals surface area contributed by atoms with Crippen LogP contribution in [0.25, 0.3) is 0 Å². The Bertz CT molecular complexity index is 570. The van der Waals surface area contributed by atoms with Crippen LogP contribution in [0.1, 0.15) is 40.1 Å². The summed E-state index contributed by atoms with van der Waals surface area (Å²) in [5.74, 6) is -2.69. The van der Waals surface area contributed by atoms with Crippen molar-refractivity contribution in [1.82, 2.24) is 0 Å². The maximum absolute atomic E-state index is 11.8. The number of aryl methyl sites for hydroxylation is 1. The minimum atomic E-state index is -0.760. The number of hydrogen-bond donors (Lipinski definition) is 0. The molecule has 0 amide bonds. The lowest BCUT2D eigenvalue weighted by Gasteiger charge is -2.08. The molecule has 124 valence electrons. The first-order chi connectivity index (χ1) is 10.8. The Labute approximate surface area is 132 Å². The summed E-state index contributed by atoms with van der Waals surface area (Å²) in [6.07, 6.45) is 0. The lowest BCUT2D eigenvalue weighted by molar-refractivity contribution is -0.150. The van der Waals surface area contributed by atoms with Gasteiger partial charge < -0.3 is 18.9 Å². The summed E-state index contributed by atoms with van der Waals surface area (Å²) in [6, 6.07) is 4.26. The van der Waals surface area contributed by atoms with Gasteiger partial charge in [0, 0.05) is 13.8 Å². The van der Waals surface area contributed by atoms with Crippen LogP contribution in [0.3, 0.4) is 0 Å². The van der Waals surface area contributed by atoms with E-state index in [4.69, 9.17) is 9.47 Å². The first-order valence-corrected chi connectivity index (χ1v) is 6.52. The quantitative estimate of drug-likeness (QED) is 0.570. The molecule has 0 saturated heterocycles. The highest BCUT2D eigenvalue weighted by Crippen LogP contribution is 2.12. The zero-order valence-corrected chi connectivity index (χ0v) is 12.9. The Morgan fingerprint density at radius 1 is 0.739 bits per heavy atom. The number of carbonyl (C=O) groups excluding carboxylic acids is 4. The summed E-state index contributed by atoms with van der Waals surface area (Å²) < 4.78 is 18.5. The summed E-state index contributed by atoms with van der Waals surface area (Å²) >= 11 is 0. The van der Waals surface area contributed by atoms with Crippen LogP contribution in [0.2, 0.25) is 0 Å². The molecule has 1 aromatic rings. The molecule has 0 heterocycles. The zero-order chi connectivity index (χ0) is 17.4. The predicted molar refractivity (Wildman–Crippen MR) is 75.3 cm³/mol. The average molecular weight is 324 g/mol. The second-order valence-electron chi connectivity index (χ2n) is 4.46. The fourth-order valence-corrected chi connectivity index (χ4v) is 1.52.